The van der Waals surface area contributed by atoms with Crippen molar-refractivity contribution in [2.75, 3.05) is 0 Å². The number of rotatable bonds is 7. The summed E-state index contributed by atoms with van der Waals surface area (Å²) in [6, 6.07) is 8.75. The fraction of sp³-hybridized carbons (Fsp3) is 0.615. The monoisotopic (exact) mass is 418 g/mol. The molecule has 2 aromatic carbocycles. The smallest absolute Gasteiger partial charge is 0.387 e. The molecule has 0 heterocycles. The van der Waals surface area contributed by atoms with E-state index in [9.17, 15) is 13.2 Å². The molecule has 0 aromatic heterocycles. The summed E-state index contributed by atoms with van der Waals surface area (Å²) in [6.45, 7) is -0.747. The largest absolute Gasteiger partial charge is 0.432 e. The molecule has 4 unspecified atom stereocenters. The summed E-state index contributed by atoms with van der Waals surface area (Å²) in [6.07, 6.45) is 13.3. The van der Waals surface area contributed by atoms with Crippen LogP contribution in [0.1, 0.15) is 82.6 Å². The first-order chi connectivity index (χ1) is 14.5. The average molecular weight is 419 g/mol. The Labute approximate surface area is 178 Å². The summed E-state index contributed by atoms with van der Waals surface area (Å²) in [7, 11) is 0. The number of fused-ring (bicyclic) bond motifs is 2. The van der Waals surface area contributed by atoms with Crippen molar-refractivity contribution in [3.63, 3.8) is 0 Å². The fourth-order valence-electron chi connectivity index (χ4n) is 5.94. The summed E-state index contributed by atoms with van der Waals surface area (Å²) in [5.41, 5.74) is 1.26. The van der Waals surface area contributed by atoms with Gasteiger partial charge in [0.25, 0.3) is 0 Å². The third kappa shape index (κ3) is 4.95. The Kier molecular flexibility index (Phi) is 6.90. The maximum Gasteiger partial charge on any atom is 0.387 e. The SMILES string of the molecule is CCCCCC1CCC2CC(c3ccc4cc(OC(F)F)c(F)cc4c3)CCC2C1. The molecule has 0 spiro atoms. The molecule has 2 fully saturated rings. The normalized spacial score (nSPS) is 26.7. The summed E-state index contributed by atoms with van der Waals surface area (Å²) in [4.78, 5) is 0. The van der Waals surface area contributed by atoms with E-state index in [0.717, 1.165) is 28.5 Å². The third-order valence-electron chi connectivity index (χ3n) is 7.54. The first-order valence-corrected chi connectivity index (χ1v) is 11.7. The Bertz CT molecular complexity index is 850. The molecule has 2 aliphatic rings. The van der Waals surface area contributed by atoms with E-state index in [2.05, 4.69) is 17.7 Å². The molecule has 164 valence electrons. The zero-order valence-corrected chi connectivity index (χ0v) is 17.9. The van der Waals surface area contributed by atoms with E-state index < -0.39 is 12.4 Å². The number of alkyl halides is 2. The van der Waals surface area contributed by atoms with Crippen LogP contribution in [0.15, 0.2) is 30.3 Å². The summed E-state index contributed by atoms with van der Waals surface area (Å²) in [5, 5.41) is 1.49. The van der Waals surface area contributed by atoms with Crippen molar-refractivity contribution in [2.24, 2.45) is 17.8 Å². The molecule has 30 heavy (non-hydrogen) atoms. The average Bonchev–Trinajstić information content (AvgIpc) is 2.73. The molecule has 4 atom stereocenters. The van der Waals surface area contributed by atoms with Crippen LogP contribution in [0, 0.1) is 23.6 Å². The molecule has 2 saturated carbocycles. The van der Waals surface area contributed by atoms with Crippen molar-refractivity contribution in [2.45, 2.75) is 83.7 Å². The maximum atomic E-state index is 14.2. The molecule has 2 aliphatic carbocycles. The van der Waals surface area contributed by atoms with Crippen LogP contribution in [-0.4, -0.2) is 6.61 Å². The molecular weight excluding hydrogens is 385 g/mol. The summed E-state index contributed by atoms with van der Waals surface area (Å²) in [5.74, 6) is 2.04. The topological polar surface area (TPSA) is 9.23 Å². The minimum Gasteiger partial charge on any atom is -0.432 e. The van der Waals surface area contributed by atoms with Gasteiger partial charge in [-0.15, -0.1) is 0 Å². The van der Waals surface area contributed by atoms with Crippen LogP contribution in [0.5, 0.6) is 5.75 Å². The lowest BCUT2D eigenvalue weighted by atomic mass is 9.63. The van der Waals surface area contributed by atoms with Gasteiger partial charge in [0.15, 0.2) is 11.6 Å². The van der Waals surface area contributed by atoms with Gasteiger partial charge in [0, 0.05) is 0 Å². The Morgan fingerprint density at radius 2 is 1.73 bits per heavy atom. The molecule has 0 bridgehead atoms. The number of ether oxygens (including phenoxy) is 1. The Hall–Kier alpha value is -1.71. The van der Waals surface area contributed by atoms with Crippen molar-refractivity contribution in [1.29, 1.82) is 0 Å². The van der Waals surface area contributed by atoms with Gasteiger partial charge in [-0.1, -0.05) is 57.2 Å². The fourth-order valence-corrected chi connectivity index (χ4v) is 5.94. The molecule has 0 amide bonds. The first-order valence-electron chi connectivity index (χ1n) is 11.7. The lowest BCUT2D eigenvalue weighted by Gasteiger charge is -2.42. The van der Waals surface area contributed by atoms with E-state index in [1.54, 1.807) is 0 Å². The van der Waals surface area contributed by atoms with Crippen LogP contribution in [0.25, 0.3) is 10.8 Å². The molecular formula is C26H33F3O. The van der Waals surface area contributed by atoms with E-state index >= 15 is 0 Å². The quantitative estimate of drug-likeness (QED) is 0.410. The highest BCUT2D eigenvalue weighted by Crippen LogP contribution is 2.48. The Morgan fingerprint density at radius 1 is 0.933 bits per heavy atom. The Balaban J connectivity index is 1.42. The van der Waals surface area contributed by atoms with Crippen LogP contribution < -0.4 is 4.74 Å². The van der Waals surface area contributed by atoms with E-state index in [0.29, 0.717) is 5.92 Å². The van der Waals surface area contributed by atoms with Gasteiger partial charge in [0.1, 0.15) is 0 Å². The van der Waals surface area contributed by atoms with Crippen molar-refractivity contribution < 1.29 is 17.9 Å². The summed E-state index contributed by atoms with van der Waals surface area (Å²) >= 11 is 0. The van der Waals surface area contributed by atoms with Gasteiger partial charge in [0.05, 0.1) is 0 Å². The third-order valence-corrected chi connectivity index (χ3v) is 7.54. The number of unbranched alkanes of at least 4 members (excludes halogenated alkanes) is 2. The maximum absolute atomic E-state index is 14.2. The van der Waals surface area contributed by atoms with Crippen LogP contribution in [0.3, 0.4) is 0 Å². The predicted octanol–water partition coefficient (Wildman–Crippen LogP) is 8.46. The van der Waals surface area contributed by atoms with Crippen molar-refractivity contribution in [1.82, 2.24) is 0 Å². The van der Waals surface area contributed by atoms with Crippen molar-refractivity contribution in [3.8, 4) is 5.75 Å². The molecule has 4 heteroatoms. The van der Waals surface area contributed by atoms with Gasteiger partial charge in [-0.25, -0.2) is 4.39 Å². The van der Waals surface area contributed by atoms with Gasteiger partial charge < -0.3 is 4.74 Å². The lowest BCUT2D eigenvalue weighted by molar-refractivity contribution is -0.0520. The number of halogens is 3. The van der Waals surface area contributed by atoms with E-state index in [1.165, 1.54) is 81.9 Å². The van der Waals surface area contributed by atoms with Gasteiger partial charge >= 0.3 is 6.61 Å². The lowest BCUT2D eigenvalue weighted by Crippen LogP contribution is -2.30. The zero-order chi connectivity index (χ0) is 21.1. The van der Waals surface area contributed by atoms with Gasteiger partial charge in [0.2, 0.25) is 0 Å². The van der Waals surface area contributed by atoms with Crippen molar-refractivity contribution >= 4 is 10.8 Å². The highest BCUT2D eigenvalue weighted by Gasteiger charge is 2.35. The number of benzene rings is 2. The molecule has 0 saturated heterocycles. The first kappa shape index (κ1) is 21.5. The zero-order valence-electron chi connectivity index (χ0n) is 17.9. The van der Waals surface area contributed by atoms with Crippen LogP contribution in [-0.2, 0) is 0 Å². The van der Waals surface area contributed by atoms with Crippen molar-refractivity contribution in [3.05, 3.63) is 41.7 Å². The molecule has 0 radical (unpaired) electrons. The molecule has 0 N–H and O–H groups in total. The molecule has 4 rings (SSSR count). The van der Waals surface area contributed by atoms with Crippen LogP contribution in [0.2, 0.25) is 0 Å². The Morgan fingerprint density at radius 3 is 2.53 bits per heavy atom. The predicted molar refractivity (Wildman–Crippen MR) is 116 cm³/mol. The second kappa shape index (κ2) is 9.62. The second-order valence-electron chi connectivity index (χ2n) is 9.47. The van der Waals surface area contributed by atoms with Gasteiger partial charge in [-0.3, -0.25) is 0 Å². The number of hydrogen-bond donors (Lipinski definition) is 0. The standard InChI is InChI=1S/C26H33F3O/c1-2-3-4-5-17-6-7-19-13-20(9-8-18(19)12-17)21-10-11-22-16-25(30-26(28)29)24(27)15-23(22)14-21/h10-11,14-20,26H,2-9,12-13H2,1H3. The highest BCUT2D eigenvalue weighted by atomic mass is 19.3. The minimum absolute atomic E-state index is 0.388. The molecule has 2 aromatic rings. The summed E-state index contributed by atoms with van der Waals surface area (Å²) < 4.78 is 43.4. The minimum atomic E-state index is -3.02. The highest BCUT2D eigenvalue weighted by molar-refractivity contribution is 5.84. The van der Waals surface area contributed by atoms with E-state index in [-0.39, 0.29) is 5.75 Å². The van der Waals surface area contributed by atoms with Gasteiger partial charge in [-0.05, 0) is 84.2 Å². The van der Waals surface area contributed by atoms with E-state index in [1.807, 2.05) is 12.1 Å². The second-order valence-corrected chi connectivity index (χ2v) is 9.47. The van der Waals surface area contributed by atoms with E-state index in [4.69, 9.17) is 0 Å². The van der Waals surface area contributed by atoms with Crippen LogP contribution >= 0.6 is 0 Å². The molecule has 1 nitrogen and oxygen atoms in total. The van der Waals surface area contributed by atoms with Gasteiger partial charge in [-0.2, -0.15) is 8.78 Å². The van der Waals surface area contributed by atoms with Crippen LogP contribution in [0.4, 0.5) is 13.2 Å². The number of hydrogen-bond acceptors (Lipinski definition) is 1. The molecule has 0 aliphatic heterocycles.